The van der Waals surface area contributed by atoms with Crippen LogP contribution in [-0.4, -0.2) is 45.5 Å². The molecule has 2 aromatic heterocycles. The van der Waals surface area contributed by atoms with E-state index in [-0.39, 0.29) is 28.4 Å². The largest absolute Gasteiger partial charge is 0.492 e. The minimum Gasteiger partial charge on any atom is -0.492 e. The Morgan fingerprint density at radius 3 is 2.53 bits per heavy atom. The van der Waals surface area contributed by atoms with Crippen LogP contribution in [0.15, 0.2) is 39.9 Å². The molecule has 170 valence electrons. The van der Waals surface area contributed by atoms with E-state index >= 15 is 0 Å². The van der Waals surface area contributed by atoms with Crippen molar-refractivity contribution in [3.8, 4) is 5.75 Å². The van der Waals surface area contributed by atoms with Gasteiger partial charge in [-0.05, 0) is 37.5 Å². The summed E-state index contributed by atoms with van der Waals surface area (Å²) in [5.74, 6) is 0.428. The van der Waals surface area contributed by atoms with Crippen molar-refractivity contribution in [2.24, 2.45) is 0 Å². The predicted octanol–water partition coefficient (Wildman–Crippen LogP) is 3.08. The van der Waals surface area contributed by atoms with Gasteiger partial charge in [0.15, 0.2) is 5.65 Å². The van der Waals surface area contributed by atoms with Crippen molar-refractivity contribution in [3.05, 3.63) is 68.0 Å². The topological polar surface area (TPSA) is 97.3 Å². The van der Waals surface area contributed by atoms with Gasteiger partial charge in [0.05, 0.1) is 17.5 Å². The van der Waals surface area contributed by atoms with Crippen LogP contribution >= 0.6 is 0 Å². The quantitative estimate of drug-likeness (QED) is 0.583. The third-order valence-corrected chi connectivity index (χ3v) is 5.30. The highest BCUT2D eigenvalue weighted by atomic mass is 16.5. The molecule has 0 aliphatic heterocycles. The van der Waals surface area contributed by atoms with E-state index in [2.05, 4.69) is 9.97 Å². The zero-order chi connectivity index (χ0) is 23.4. The van der Waals surface area contributed by atoms with Crippen molar-refractivity contribution in [2.75, 3.05) is 20.2 Å². The van der Waals surface area contributed by atoms with Crippen LogP contribution in [0.25, 0.3) is 11.0 Å². The van der Waals surface area contributed by atoms with Crippen LogP contribution in [0.5, 0.6) is 5.75 Å². The summed E-state index contributed by atoms with van der Waals surface area (Å²) in [5.41, 5.74) is 1.16. The number of nitrogens with one attached hydrogen (secondary N) is 1. The van der Waals surface area contributed by atoms with Crippen LogP contribution in [0.3, 0.4) is 0 Å². The van der Waals surface area contributed by atoms with Gasteiger partial charge in [-0.3, -0.25) is 19.1 Å². The standard InChI is InChI=1S/C24H30N4O4/c1-6-11-28-21-20(22(29)26-24(28)31)18(14-19(25-21)15(2)3)23(30)27(5)12-13-32-17-9-7-16(4)8-10-17/h7-10,14-15H,6,11-13H2,1-5H3,(H,26,29,31). The molecule has 0 atom stereocenters. The number of rotatable bonds is 8. The number of pyridine rings is 1. The molecule has 8 nitrogen and oxygen atoms in total. The molecule has 0 radical (unpaired) electrons. The number of likely N-dealkylation sites (N-methyl/N-ethyl adjacent to an activating group) is 1. The van der Waals surface area contributed by atoms with Gasteiger partial charge in [0, 0.05) is 19.3 Å². The molecule has 8 heteroatoms. The minimum absolute atomic E-state index is 0.0191. The molecule has 1 amide bonds. The van der Waals surface area contributed by atoms with Crippen LogP contribution < -0.4 is 16.0 Å². The van der Waals surface area contributed by atoms with Crippen molar-refractivity contribution in [3.63, 3.8) is 0 Å². The highest BCUT2D eigenvalue weighted by molar-refractivity contribution is 6.05. The fourth-order valence-electron chi connectivity index (χ4n) is 3.43. The summed E-state index contributed by atoms with van der Waals surface area (Å²) >= 11 is 0. The van der Waals surface area contributed by atoms with Crippen LogP contribution in [0.1, 0.15) is 54.7 Å². The summed E-state index contributed by atoms with van der Waals surface area (Å²) in [6, 6.07) is 9.35. The average Bonchev–Trinajstić information content (AvgIpc) is 2.76. The van der Waals surface area contributed by atoms with E-state index in [1.165, 1.54) is 9.47 Å². The first-order valence-corrected chi connectivity index (χ1v) is 10.9. The third kappa shape index (κ3) is 4.90. The number of nitrogens with zero attached hydrogens (tertiary/aromatic N) is 3. The van der Waals surface area contributed by atoms with Gasteiger partial charge in [0.25, 0.3) is 11.5 Å². The zero-order valence-electron chi connectivity index (χ0n) is 19.3. The zero-order valence-corrected chi connectivity index (χ0v) is 19.3. The first-order valence-electron chi connectivity index (χ1n) is 10.9. The van der Waals surface area contributed by atoms with Crippen LogP contribution in [0, 0.1) is 6.92 Å². The molecule has 32 heavy (non-hydrogen) atoms. The maximum Gasteiger partial charge on any atom is 0.329 e. The Labute approximate surface area is 186 Å². The number of hydrogen-bond acceptors (Lipinski definition) is 5. The van der Waals surface area contributed by atoms with E-state index < -0.39 is 11.2 Å². The summed E-state index contributed by atoms with van der Waals surface area (Å²) < 4.78 is 7.17. The second kappa shape index (κ2) is 9.80. The van der Waals surface area contributed by atoms with Gasteiger partial charge in [-0.15, -0.1) is 0 Å². The summed E-state index contributed by atoms with van der Waals surface area (Å²) in [7, 11) is 1.67. The van der Waals surface area contributed by atoms with E-state index in [9.17, 15) is 14.4 Å². The first kappa shape index (κ1) is 23.2. The summed E-state index contributed by atoms with van der Waals surface area (Å²) in [6.07, 6.45) is 0.689. The Hall–Kier alpha value is -3.42. The van der Waals surface area contributed by atoms with Gasteiger partial charge in [0.1, 0.15) is 12.4 Å². The summed E-state index contributed by atoms with van der Waals surface area (Å²) in [4.78, 5) is 46.9. The Morgan fingerprint density at radius 1 is 1.22 bits per heavy atom. The van der Waals surface area contributed by atoms with Crippen molar-refractivity contribution in [2.45, 2.75) is 46.6 Å². The molecule has 3 aromatic rings. The van der Waals surface area contributed by atoms with Crippen LogP contribution in [-0.2, 0) is 6.54 Å². The number of benzene rings is 1. The van der Waals surface area contributed by atoms with Crippen molar-refractivity contribution >= 4 is 16.9 Å². The number of hydrogen-bond donors (Lipinski definition) is 1. The number of H-pyrrole nitrogens is 1. The highest BCUT2D eigenvalue weighted by Crippen LogP contribution is 2.21. The van der Waals surface area contributed by atoms with Gasteiger partial charge in [-0.25, -0.2) is 9.78 Å². The van der Waals surface area contributed by atoms with E-state index in [1.807, 2.05) is 52.0 Å². The first-order chi connectivity index (χ1) is 15.2. The summed E-state index contributed by atoms with van der Waals surface area (Å²) in [5, 5.41) is 0.138. The van der Waals surface area contributed by atoms with E-state index in [0.29, 0.717) is 31.8 Å². The van der Waals surface area contributed by atoms with E-state index in [4.69, 9.17) is 4.74 Å². The number of aryl methyl sites for hydroxylation is 2. The van der Waals surface area contributed by atoms with Gasteiger partial charge in [0.2, 0.25) is 0 Å². The Morgan fingerprint density at radius 2 is 1.91 bits per heavy atom. The number of ether oxygens (including phenoxy) is 1. The molecule has 0 saturated carbocycles. The average molecular weight is 439 g/mol. The second-order valence-electron chi connectivity index (χ2n) is 8.25. The Balaban J connectivity index is 1.95. The van der Waals surface area contributed by atoms with Crippen molar-refractivity contribution in [1.82, 2.24) is 19.4 Å². The maximum absolute atomic E-state index is 13.3. The number of carbonyl (C=O) groups is 1. The molecule has 1 N–H and O–H groups in total. The molecule has 0 aliphatic rings. The summed E-state index contributed by atoms with van der Waals surface area (Å²) in [6.45, 7) is 8.89. The fourth-order valence-corrected chi connectivity index (χ4v) is 3.43. The SMILES string of the molecule is CCCn1c(=O)[nH]c(=O)c2c(C(=O)N(C)CCOc3ccc(C)cc3)cc(C(C)C)nc21. The van der Waals surface area contributed by atoms with E-state index in [1.54, 1.807) is 13.1 Å². The van der Waals surface area contributed by atoms with Gasteiger partial charge < -0.3 is 9.64 Å². The molecule has 3 rings (SSSR count). The van der Waals surface area contributed by atoms with Crippen molar-refractivity contribution in [1.29, 1.82) is 0 Å². The monoisotopic (exact) mass is 438 g/mol. The molecular weight excluding hydrogens is 408 g/mol. The third-order valence-electron chi connectivity index (χ3n) is 5.30. The molecule has 2 heterocycles. The smallest absolute Gasteiger partial charge is 0.329 e. The van der Waals surface area contributed by atoms with Gasteiger partial charge >= 0.3 is 5.69 Å². The molecule has 0 aliphatic carbocycles. The Kier molecular flexibility index (Phi) is 7.12. The number of carbonyl (C=O) groups excluding carboxylic acids is 1. The molecule has 0 bridgehead atoms. The second-order valence-corrected chi connectivity index (χ2v) is 8.25. The lowest BCUT2D eigenvalue weighted by atomic mass is 10.0. The molecule has 0 spiro atoms. The highest BCUT2D eigenvalue weighted by Gasteiger charge is 2.22. The fraction of sp³-hybridized carbons (Fsp3) is 0.417. The Bertz CT molecular complexity index is 1230. The maximum atomic E-state index is 13.3. The lowest BCUT2D eigenvalue weighted by Crippen LogP contribution is -2.35. The molecule has 1 aromatic carbocycles. The lowest BCUT2D eigenvalue weighted by molar-refractivity contribution is 0.0775. The number of aromatic nitrogens is 3. The van der Waals surface area contributed by atoms with Gasteiger partial charge in [-0.2, -0.15) is 0 Å². The molecule has 0 unspecified atom stereocenters. The predicted molar refractivity (Wildman–Crippen MR) is 125 cm³/mol. The van der Waals surface area contributed by atoms with Crippen LogP contribution in [0.2, 0.25) is 0 Å². The number of amides is 1. The van der Waals surface area contributed by atoms with Crippen LogP contribution in [0.4, 0.5) is 0 Å². The number of fused-ring (bicyclic) bond motifs is 1. The van der Waals surface area contributed by atoms with Gasteiger partial charge in [-0.1, -0.05) is 38.5 Å². The lowest BCUT2D eigenvalue weighted by Gasteiger charge is -2.20. The normalized spacial score (nSPS) is 11.2. The molecule has 0 fully saturated rings. The number of aromatic amines is 1. The van der Waals surface area contributed by atoms with E-state index in [0.717, 1.165) is 11.3 Å². The van der Waals surface area contributed by atoms with Crippen molar-refractivity contribution < 1.29 is 9.53 Å². The molecule has 0 saturated heterocycles. The molecular formula is C24H30N4O4. The minimum atomic E-state index is -0.604.